The molecular weight excluding hydrogens is 194 g/mol. The molecule has 0 heterocycles. The van der Waals surface area contributed by atoms with E-state index in [1.807, 2.05) is 6.92 Å². The molecule has 0 aromatic rings. The van der Waals surface area contributed by atoms with Crippen molar-refractivity contribution in [3.05, 3.63) is 35.5 Å². The summed E-state index contributed by atoms with van der Waals surface area (Å²) < 4.78 is 0. The standard InChI is InChI=1S/C15H27N/c1-5-8-9-14(6-2)12-13(4)10-11-15(16)7-3/h5,8-10,15H,6-7,11-12,16H2,1-4H3/b8-5+,13-10+,14-9+. The largest absolute Gasteiger partial charge is 0.327 e. The van der Waals surface area contributed by atoms with Crippen LogP contribution in [0.25, 0.3) is 0 Å². The van der Waals surface area contributed by atoms with Crippen LogP contribution in [0.15, 0.2) is 35.5 Å². The molecule has 0 spiro atoms. The van der Waals surface area contributed by atoms with Crippen LogP contribution in [0.4, 0.5) is 0 Å². The van der Waals surface area contributed by atoms with E-state index in [1.54, 1.807) is 0 Å². The Hall–Kier alpha value is -0.820. The van der Waals surface area contributed by atoms with Crippen LogP contribution in [0.2, 0.25) is 0 Å². The molecule has 0 saturated heterocycles. The van der Waals surface area contributed by atoms with Crippen LogP contribution >= 0.6 is 0 Å². The van der Waals surface area contributed by atoms with E-state index in [9.17, 15) is 0 Å². The Morgan fingerprint density at radius 3 is 2.50 bits per heavy atom. The van der Waals surface area contributed by atoms with E-state index in [1.165, 1.54) is 11.1 Å². The third-order valence-electron chi connectivity index (χ3n) is 2.78. The number of rotatable bonds is 7. The summed E-state index contributed by atoms with van der Waals surface area (Å²) in [5, 5.41) is 0. The third-order valence-corrected chi connectivity index (χ3v) is 2.78. The van der Waals surface area contributed by atoms with Crippen molar-refractivity contribution in [1.82, 2.24) is 0 Å². The lowest BCUT2D eigenvalue weighted by molar-refractivity contribution is 0.656. The minimum Gasteiger partial charge on any atom is -0.327 e. The predicted molar refractivity (Wildman–Crippen MR) is 74.4 cm³/mol. The molecule has 0 aromatic heterocycles. The second-order valence-corrected chi connectivity index (χ2v) is 4.34. The van der Waals surface area contributed by atoms with Gasteiger partial charge in [0.2, 0.25) is 0 Å². The highest BCUT2D eigenvalue weighted by atomic mass is 14.6. The van der Waals surface area contributed by atoms with Crippen LogP contribution in [0.5, 0.6) is 0 Å². The number of hydrogen-bond donors (Lipinski definition) is 1. The molecule has 1 heteroatoms. The van der Waals surface area contributed by atoms with Crippen molar-refractivity contribution in [1.29, 1.82) is 0 Å². The van der Waals surface area contributed by atoms with Gasteiger partial charge in [-0.15, -0.1) is 0 Å². The monoisotopic (exact) mass is 221 g/mol. The quantitative estimate of drug-likeness (QED) is 0.501. The van der Waals surface area contributed by atoms with Crippen molar-refractivity contribution in [3.8, 4) is 0 Å². The van der Waals surface area contributed by atoms with Crippen molar-refractivity contribution in [2.75, 3.05) is 0 Å². The van der Waals surface area contributed by atoms with Gasteiger partial charge in [0.25, 0.3) is 0 Å². The summed E-state index contributed by atoms with van der Waals surface area (Å²) >= 11 is 0. The van der Waals surface area contributed by atoms with E-state index in [0.717, 1.165) is 25.7 Å². The SMILES string of the molecule is C/C=C/C=C(\CC)C/C(C)=C/CC(N)CC. The van der Waals surface area contributed by atoms with E-state index in [2.05, 4.69) is 45.1 Å². The van der Waals surface area contributed by atoms with Crippen molar-refractivity contribution in [3.63, 3.8) is 0 Å². The van der Waals surface area contributed by atoms with Crippen LogP contribution in [0.3, 0.4) is 0 Å². The molecule has 92 valence electrons. The molecule has 0 amide bonds. The van der Waals surface area contributed by atoms with Gasteiger partial charge in [0.1, 0.15) is 0 Å². The fraction of sp³-hybridized carbons (Fsp3) is 0.600. The predicted octanol–water partition coefficient (Wildman–Crippen LogP) is 4.36. The Kier molecular flexibility index (Phi) is 8.93. The maximum atomic E-state index is 5.89. The van der Waals surface area contributed by atoms with Gasteiger partial charge < -0.3 is 5.73 Å². The number of hydrogen-bond acceptors (Lipinski definition) is 1. The van der Waals surface area contributed by atoms with E-state index >= 15 is 0 Å². The van der Waals surface area contributed by atoms with Gasteiger partial charge in [-0.2, -0.15) is 0 Å². The molecule has 1 nitrogen and oxygen atoms in total. The fourth-order valence-corrected chi connectivity index (χ4v) is 1.48. The Morgan fingerprint density at radius 2 is 2.00 bits per heavy atom. The molecule has 0 fully saturated rings. The van der Waals surface area contributed by atoms with Gasteiger partial charge in [-0.3, -0.25) is 0 Å². The second-order valence-electron chi connectivity index (χ2n) is 4.34. The minimum absolute atomic E-state index is 0.319. The van der Waals surface area contributed by atoms with Gasteiger partial charge in [-0.25, -0.2) is 0 Å². The van der Waals surface area contributed by atoms with Crippen molar-refractivity contribution < 1.29 is 0 Å². The van der Waals surface area contributed by atoms with E-state index in [4.69, 9.17) is 5.73 Å². The zero-order chi connectivity index (χ0) is 12.4. The Morgan fingerprint density at radius 1 is 1.31 bits per heavy atom. The minimum atomic E-state index is 0.319. The molecule has 0 aliphatic rings. The maximum absolute atomic E-state index is 5.89. The van der Waals surface area contributed by atoms with E-state index in [-0.39, 0.29) is 0 Å². The van der Waals surface area contributed by atoms with Gasteiger partial charge in [-0.05, 0) is 39.5 Å². The first-order chi connectivity index (χ1) is 7.63. The first kappa shape index (κ1) is 15.2. The molecule has 0 aliphatic carbocycles. The molecule has 1 unspecified atom stereocenters. The highest BCUT2D eigenvalue weighted by molar-refractivity contribution is 5.18. The zero-order valence-corrected chi connectivity index (χ0v) is 11.3. The zero-order valence-electron chi connectivity index (χ0n) is 11.3. The summed E-state index contributed by atoms with van der Waals surface area (Å²) in [6.45, 7) is 8.59. The van der Waals surface area contributed by atoms with Gasteiger partial charge in [0, 0.05) is 6.04 Å². The normalized spacial score (nSPS) is 15.8. The topological polar surface area (TPSA) is 26.0 Å². The van der Waals surface area contributed by atoms with E-state index < -0.39 is 0 Å². The number of nitrogens with two attached hydrogens (primary N) is 1. The molecule has 0 bridgehead atoms. The average Bonchev–Trinajstić information content (AvgIpc) is 2.31. The van der Waals surface area contributed by atoms with Crippen LogP contribution in [0.1, 0.15) is 53.4 Å². The molecule has 16 heavy (non-hydrogen) atoms. The second kappa shape index (κ2) is 9.41. The van der Waals surface area contributed by atoms with Crippen molar-refractivity contribution in [2.45, 2.75) is 59.4 Å². The lowest BCUT2D eigenvalue weighted by Gasteiger charge is -2.07. The average molecular weight is 221 g/mol. The summed E-state index contributed by atoms with van der Waals surface area (Å²) in [7, 11) is 0. The van der Waals surface area contributed by atoms with Gasteiger partial charge >= 0.3 is 0 Å². The highest BCUT2D eigenvalue weighted by Gasteiger charge is 1.98. The third kappa shape index (κ3) is 7.47. The van der Waals surface area contributed by atoms with Crippen molar-refractivity contribution in [2.24, 2.45) is 5.73 Å². The lowest BCUT2D eigenvalue weighted by atomic mass is 10.0. The van der Waals surface area contributed by atoms with E-state index in [0.29, 0.717) is 6.04 Å². The molecule has 0 aliphatic heterocycles. The lowest BCUT2D eigenvalue weighted by Crippen LogP contribution is -2.17. The molecular formula is C15H27N. The Balaban J connectivity index is 4.24. The molecule has 0 saturated carbocycles. The Labute approximate surface area is 101 Å². The van der Waals surface area contributed by atoms with Gasteiger partial charge in [0.05, 0.1) is 0 Å². The van der Waals surface area contributed by atoms with Crippen molar-refractivity contribution >= 4 is 0 Å². The van der Waals surface area contributed by atoms with Gasteiger partial charge in [0.15, 0.2) is 0 Å². The van der Waals surface area contributed by atoms with Crippen LogP contribution in [-0.4, -0.2) is 6.04 Å². The smallest absolute Gasteiger partial charge is 0.00708 e. The Bertz CT molecular complexity index is 259. The summed E-state index contributed by atoms with van der Waals surface area (Å²) in [5.41, 5.74) is 8.81. The fourth-order valence-electron chi connectivity index (χ4n) is 1.48. The first-order valence-electron chi connectivity index (χ1n) is 6.35. The molecule has 0 rings (SSSR count). The highest BCUT2D eigenvalue weighted by Crippen LogP contribution is 2.15. The molecule has 1 atom stereocenters. The van der Waals surface area contributed by atoms with Crippen LogP contribution in [-0.2, 0) is 0 Å². The summed E-state index contributed by atoms with van der Waals surface area (Å²) in [4.78, 5) is 0. The summed E-state index contributed by atoms with van der Waals surface area (Å²) in [6.07, 6.45) is 12.9. The van der Waals surface area contributed by atoms with Crippen LogP contribution < -0.4 is 5.73 Å². The number of allylic oxidation sites excluding steroid dienone is 5. The summed E-state index contributed by atoms with van der Waals surface area (Å²) in [6, 6.07) is 0.319. The summed E-state index contributed by atoms with van der Waals surface area (Å²) in [5.74, 6) is 0. The maximum Gasteiger partial charge on any atom is 0.00708 e. The molecule has 0 radical (unpaired) electrons. The molecule has 2 N–H and O–H groups in total. The van der Waals surface area contributed by atoms with Gasteiger partial charge in [-0.1, -0.05) is 49.3 Å². The first-order valence-corrected chi connectivity index (χ1v) is 6.35. The van der Waals surface area contributed by atoms with Crippen LogP contribution in [0, 0.1) is 0 Å². The molecule has 0 aromatic carbocycles.